The van der Waals surface area contributed by atoms with E-state index in [0.29, 0.717) is 10.7 Å². The number of anilines is 2. The molecule has 0 atom stereocenters. The number of halogens is 2. The smallest absolute Gasteiger partial charge is 0.333 e. The summed E-state index contributed by atoms with van der Waals surface area (Å²) in [6, 6.07) is 14.7. The number of para-hydroxylation sites is 1. The summed E-state index contributed by atoms with van der Waals surface area (Å²) in [4.78, 5) is 14.3. The Morgan fingerprint density at radius 3 is 2.25 bits per heavy atom. The van der Waals surface area contributed by atoms with Crippen molar-refractivity contribution in [2.24, 2.45) is 0 Å². The molecule has 5 nitrogen and oxygen atoms in total. The average Bonchev–Trinajstić information content (AvgIpc) is 2.58. The Morgan fingerprint density at radius 2 is 1.58 bits per heavy atom. The molecule has 0 unspecified atom stereocenters. The monoisotopic (exact) mass is 364 g/mol. The Balaban J connectivity index is 1.49. The lowest BCUT2D eigenvalue weighted by Gasteiger charge is -2.36. The van der Waals surface area contributed by atoms with Crippen molar-refractivity contribution in [2.45, 2.75) is 0 Å². The van der Waals surface area contributed by atoms with Crippen molar-refractivity contribution in [1.82, 2.24) is 10.4 Å². The van der Waals surface area contributed by atoms with Gasteiger partial charge in [-0.15, -0.1) is 0 Å². The lowest BCUT2D eigenvalue weighted by Crippen LogP contribution is -2.54. The molecule has 0 radical (unpaired) electrons. The van der Waals surface area contributed by atoms with E-state index >= 15 is 0 Å². The molecule has 0 aliphatic carbocycles. The molecule has 0 spiro atoms. The second-order valence-corrected chi connectivity index (χ2v) is 6.34. The zero-order valence-electron chi connectivity index (χ0n) is 13.0. The number of piperazine rings is 1. The van der Waals surface area contributed by atoms with Crippen LogP contribution < -0.4 is 15.6 Å². The van der Waals surface area contributed by atoms with Crippen molar-refractivity contribution in [3.63, 3.8) is 0 Å². The normalized spacial score (nSPS) is 15.2. The van der Waals surface area contributed by atoms with Crippen LogP contribution in [0.3, 0.4) is 0 Å². The van der Waals surface area contributed by atoms with Crippen molar-refractivity contribution in [3.05, 3.63) is 58.6 Å². The molecular weight excluding hydrogens is 347 g/mol. The summed E-state index contributed by atoms with van der Waals surface area (Å²) < 4.78 is 0. The molecule has 2 amide bonds. The van der Waals surface area contributed by atoms with E-state index in [2.05, 4.69) is 15.6 Å². The summed E-state index contributed by atoms with van der Waals surface area (Å²) in [7, 11) is 0. The van der Waals surface area contributed by atoms with Crippen LogP contribution in [-0.2, 0) is 0 Å². The summed E-state index contributed by atoms with van der Waals surface area (Å²) in [6.07, 6.45) is 0. The molecule has 0 saturated carbocycles. The highest BCUT2D eigenvalue weighted by Crippen LogP contribution is 2.21. The Labute approximate surface area is 151 Å². The summed E-state index contributed by atoms with van der Waals surface area (Å²) in [5.41, 5.74) is 4.58. The maximum absolute atomic E-state index is 12.1. The van der Waals surface area contributed by atoms with Gasteiger partial charge in [-0.3, -0.25) is 5.43 Å². The Kier molecular flexibility index (Phi) is 5.45. The van der Waals surface area contributed by atoms with Crippen molar-refractivity contribution < 1.29 is 4.79 Å². The lowest BCUT2D eigenvalue weighted by atomic mass is 10.2. The van der Waals surface area contributed by atoms with Gasteiger partial charge in [0.05, 0.1) is 10.7 Å². The van der Waals surface area contributed by atoms with Gasteiger partial charge in [0.15, 0.2) is 0 Å². The molecule has 1 fully saturated rings. The number of nitrogens with zero attached hydrogens (tertiary/aromatic N) is 2. The molecule has 3 rings (SSSR count). The zero-order chi connectivity index (χ0) is 16.9. The minimum atomic E-state index is -0.289. The number of nitrogens with one attached hydrogen (secondary N) is 2. The van der Waals surface area contributed by atoms with Crippen LogP contribution in [0.25, 0.3) is 0 Å². The molecular formula is C17H18Cl2N4O. The first-order valence-electron chi connectivity index (χ1n) is 7.69. The van der Waals surface area contributed by atoms with Gasteiger partial charge < -0.3 is 10.2 Å². The number of carbonyl (C=O) groups is 1. The highest BCUT2D eigenvalue weighted by atomic mass is 35.5. The Hall–Kier alpha value is -1.95. The molecule has 0 bridgehead atoms. The van der Waals surface area contributed by atoms with E-state index in [1.54, 1.807) is 12.1 Å². The number of hydrazine groups is 1. The summed E-state index contributed by atoms with van der Waals surface area (Å²) in [6.45, 7) is 3.12. The van der Waals surface area contributed by atoms with Gasteiger partial charge in [-0.25, -0.2) is 9.80 Å². The van der Waals surface area contributed by atoms with Crippen molar-refractivity contribution in [1.29, 1.82) is 0 Å². The largest absolute Gasteiger partial charge is 0.369 e. The molecule has 2 aromatic carbocycles. The van der Waals surface area contributed by atoms with Crippen LogP contribution in [-0.4, -0.2) is 37.2 Å². The number of hydrogen-bond donors (Lipinski definition) is 2. The molecule has 0 aromatic heterocycles. The van der Waals surface area contributed by atoms with E-state index in [9.17, 15) is 4.79 Å². The third-order valence-electron chi connectivity index (χ3n) is 3.85. The molecule has 1 heterocycles. The van der Waals surface area contributed by atoms with E-state index in [0.717, 1.165) is 36.9 Å². The molecule has 1 aliphatic heterocycles. The molecule has 2 aromatic rings. The number of carbonyl (C=O) groups excluding carboxylic acids is 1. The molecule has 126 valence electrons. The minimum Gasteiger partial charge on any atom is -0.369 e. The minimum absolute atomic E-state index is 0.289. The number of benzene rings is 2. The van der Waals surface area contributed by atoms with E-state index in [-0.39, 0.29) is 6.03 Å². The first-order chi connectivity index (χ1) is 11.6. The van der Waals surface area contributed by atoms with E-state index in [4.69, 9.17) is 23.2 Å². The third-order valence-corrected chi connectivity index (χ3v) is 4.43. The van der Waals surface area contributed by atoms with Crippen molar-refractivity contribution in [2.75, 3.05) is 36.4 Å². The highest BCUT2D eigenvalue weighted by molar-refractivity contribution is 6.33. The molecule has 7 heteroatoms. The fraction of sp³-hybridized carbons (Fsp3) is 0.235. The number of urea groups is 1. The first-order valence-corrected chi connectivity index (χ1v) is 8.45. The zero-order valence-corrected chi connectivity index (χ0v) is 14.5. The predicted octanol–water partition coefficient (Wildman–Crippen LogP) is 3.85. The van der Waals surface area contributed by atoms with Crippen LogP contribution in [0, 0.1) is 0 Å². The Morgan fingerprint density at radius 1 is 0.917 bits per heavy atom. The van der Waals surface area contributed by atoms with Gasteiger partial charge in [-0.05, 0) is 36.4 Å². The van der Waals surface area contributed by atoms with Gasteiger partial charge in [-0.2, -0.15) is 0 Å². The quantitative estimate of drug-likeness (QED) is 0.869. The van der Waals surface area contributed by atoms with Crippen LogP contribution in [0.2, 0.25) is 10.0 Å². The average molecular weight is 365 g/mol. The number of rotatable bonds is 3. The summed E-state index contributed by atoms with van der Waals surface area (Å²) in [5, 5.41) is 5.90. The second kappa shape index (κ2) is 7.75. The second-order valence-electron chi connectivity index (χ2n) is 5.50. The van der Waals surface area contributed by atoms with E-state index in [1.807, 2.05) is 41.4 Å². The van der Waals surface area contributed by atoms with Crippen LogP contribution in [0.1, 0.15) is 0 Å². The number of hydrogen-bond acceptors (Lipinski definition) is 3. The highest BCUT2D eigenvalue weighted by Gasteiger charge is 2.18. The molecule has 1 saturated heterocycles. The van der Waals surface area contributed by atoms with E-state index in [1.165, 1.54) is 0 Å². The number of amides is 2. The van der Waals surface area contributed by atoms with Crippen molar-refractivity contribution >= 4 is 40.6 Å². The molecule has 24 heavy (non-hydrogen) atoms. The SMILES string of the molecule is O=C(Nc1ccccc1Cl)NN1CCN(c2ccc(Cl)cc2)CC1. The van der Waals surface area contributed by atoms with Gasteiger partial charge in [-0.1, -0.05) is 35.3 Å². The van der Waals surface area contributed by atoms with Gasteiger partial charge in [0.25, 0.3) is 0 Å². The predicted molar refractivity (Wildman–Crippen MR) is 98.8 cm³/mol. The topological polar surface area (TPSA) is 47.6 Å². The maximum atomic E-state index is 12.1. The van der Waals surface area contributed by atoms with Crippen LogP contribution in [0.4, 0.5) is 16.2 Å². The van der Waals surface area contributed by atoms with Gasteiger partial charge >= 0.3 is 6.03 Å². The third kappa shape index (κ3) is 4.32. The molecule has 1 aliphatic rings. The standard InChI is InChI=1S/C17H18Cl2N4O/c18-13-5-7-14(8-6-13)22-9-11-23(12-10-22)21-17(24)20-16-4-2-1-3-15(16)19/h1-8H,9-12H2,(H2,20,21,24). The summed E-state index contributed by atoms with van der Waals surface area (Å²) in [5.74, 6) is 0. The van der Waals surface area contributed by atoms with Gasteiger partial charge in [0.1, 0.15) is 0 Å². The van der Waals surface area contributed by atoms with Gasteiger partial charge in [0.2, 0.25) is 0 Å². The first kappa shape index (κ1) is 16.9. The fourth-order valence-corrected chi connectivity index (χ4v) is 2.89. The fourth-order valence-electron chi connectivity index (χ4n) is 2.58. The van der Waals surface area contributed by atoms with Gasteiger partial charge in [0, 0.05) is 36.9 Å². The maximum Gasteiger partial charge on any atom is 0.333 e. The summed E-state index contributed by atoms with van der Waals surface area (Å²) >= 11 is 12.0. The lowest BCUT2D eigenvalue weighted by molar-refractivity contribution is 0.178. The van der Waals surface area contributed by atoms with Crippen LogP contribution in [0.5, 0.6) is 0 Å². The molecule has 2 N–H and O–H groups in total. The van der Waals surface area contributed by atoms with Crippen LogP contribution in [0.15, 0.2) is 48.5 Å². The van der Waals surface area contributed by atoms with E-state index < -0.39 is 0 Å². The van der Waals surface area contributed by atoms with Crippen LogP contribution >= 0.6 is 23.2 Å². The Bertz CT molecular complexity index is 700. The van der Waals surface area contributed by atoms with Crippen molar-refractivity contribution in [3.8, 4) is 0 Å².